The summed E-state index contributed by atoms with van der Waals surface area (Å²) in [7, 11) is 0. The molecule has 33 heavy (non-hydrogen) atoms. The second-order valence-electron chi connectivity index (χ2n) is 8.34. The van der Waals surface area contributed by atoms with Crippen LogP contribution < -0.4 is 5.32 Å². The van der Waals surface area contributed by atoms with E-state index < -0.39 is 5.97 Å². The van der Waals surface area contributed by atoms with Gasteiger partial charge < -0.3 is 10.1 Å². The maximum Gasteiger partial charge on any atom is 0.338 e. The molecule has 5 rings (SSSR count). The zero-order valence-corrected chi connectivity index (χ0v) is 20.0. The molecule has 0 aromatic heterocycles. The van der Waals surface area contributed by atoms with E-state index in [9.17, 15) is 9.59 Å². The Hall–Kier alpha value is -2.89. The smallest absolute Gasteiger partial charge is 0.338 e. The number of ketones is 1. The van der Waals surface area contributed by atoms with Gasteiger partial charge in [-0.2, -0.15) is 0 Å². The van der Waals surface area contributed by atoms with E-state index in [4.69, 9.17) is 16.3 Å². The summed E-state index contributed by atoms with van der Waals surface area (Å²) in [5, 5.41) is 4.37. The van der Waals surface area contributed by atoms with Gasteiger partial charge in [0.1, 0.15) is 0 Å². The van der Waals surface area contributed by atoms with Crippen LogP contribution in [0.15, 0.2) is 83.4 Å². The van der Waals surface area contributed by atoms with Gasteiger partial charge in [-0.1, -0.05) is 63.9 Å². The van der Waals surface area contributed by atoms with Crippen molar-refractivity contribution in [1.29, 1.82) is 0 Å². The first-order valence-corrected chi connectivity index (χ1v) is 12.0. The predicted molar refractivity (Wildman–Crippen MR) is 133 cm³/mol. The number of rotatable bonds is 5. The van der Waals surface area contributed by atoms with Gasteiger partial charge in [0.2, 0.25) is 0 Å². The number of anilines is 1. The van der Waals surface area contributed by atoms with Crippen LogP contribution in [0.2, 0.25) is 5.02 Å². The summed E-state index contributed by atoms with van der Waals surface area (Å²) in [4.78, 5) is 25.0. The summed E-state index contributed by atoms with van der Waals surface area (Å²) in [6, 6.07) is 20.7. The van der Waals surface area contributed by atoms with E-state index >= 15 is 0 Å². The lowest BCUT2D eigenvalue weighted by molar-refractivity contribution is 0.0474. The highest BCUT2D eigenvalue weighted by Gasteiger charge is 2.38. The second-order valence-corrected chi connectivity index (χ2v) is 9.69. The van der Waals surface area contributed by atoms with E-state index in [1.807, 2.05) is 24.3 Å². The molecule has 6 heteroatoms. The third-order valence-corrected chi connectivity index (χ3v) is 7.11. The highest BCUT2D eigenvalue weighted by Crippen LogP contribution is 2.50. The van der Waals surface area contributed by atoms with Crippen LogP contribution in [-0.4, -0.2) is 18.4 Å². The minimum atomic E-state index is -0.499. The molecule has 4 nitrogen and oxygen atoms in total. The summed E-state index contributed by atoms with van der Waals surface area (Å²) in [6.07, 6.45) is 5.39. The van der Waals surface area contributed by atoms with Crippen molar-refractivity contribution in [2.45, 2.75) is 18.4 Å². The fraction of sp³-hybridized carbons (Fsp3) is 0.185. The number of carbonyl (C=O) groups excluding carboxylic acids is 2. The van der Waals surface area contributed by atoms with Gasteiger partial charge in [0, 0.05) is 26.7 Å². The lowest BCUT2D eigenvalue weighted by Crippen LogP contribution is -2.29. The van der Waals surface area contributed by atoms with Gasteiger partial charge in [-0.3, -0.25) is 4.79 Å². The number of allylic oxidation sites excluding steroid dienone is 2. The van der Waals surface area contributed by atoms with E-state index in [1.165, 1.54) is 5.56 Å². The molecule has 0 radical (unpaired) electrons. The first-order valence-electron chi connectivity index (χ1n) is 10.8. The van der Waals surface area contributed by atoms with Crippen LogP contribution in [0.5, 0.6) is 0 Å². The zero-order valence-electron chi connectivity index (χ0n) is 17.6. The summed E-state index contributed by atoms with van der Waals surface area (Å²) in [6.45, 7) is -0.291. The van der Waals surface area contributed by atoms with E-state index in [2.05, 4.69) is 45.5 Å². The van der Waals surface area contributed by atoms with Crippen LogP contribution >= 0.6 is 27.5 Å². The van der Waals surface area contributed by atoms with Crippen molar-refractivity contribution >= 4 is 45.0 Å². The largest absolute Gasteiger partial charge is 0.454 e. The minimum Gasteiger partial charge on any atom is -0.454 e. The molecule has 0 unspecified atom stereocenters. The zero-order chi connectivity index (χ0) is 22.9. The monoisotopic (exact) mass is 521 g/mol. The van der Waals surface area contributed by atoms with E-state index in [1.54, 1.807) is 30.3 Å². The number of ether oxygens (including phenoxy) is 1. The Labute approximate surface area is 205 Å². The molecule has 0 amide bonds. The standard InChI is InChI=1S/C27H21BrClNO3/c28-19-9-4-16(5-10-19)25(31)15-33-27(32)18-8-13-24-23(14-18)21-2-1-3-22(21)26(30-24)17-6-11-20(29)12-7-17/h1-2,4-14,21-22,26,30H,3,15H2/t21-,22+,26+/m1/s1. The normalized spacial score (nSPS) is 20.5. The minimum absolute atomic E-state index is 0.163. The Morgan fingerprint density at radius 1 is 1.00 bits per heavy atom. The number of carbonyl (C=O) groups is 2. The number of benzene rings is 3. The molecule has 2 aliphatic rings. The quantitative estimate of drug-likeness (QED) is 0.223. The van der Waals surface area contributed by atoms with Crippen molar-refractivity contribution in [3.63, 3.8) is 0 Å². The van der Waals surface area contributed by atoms with Gasteiger partial charge in [-0.15, -0.1) is 0 Å². The molecule has 1 heterocycles. The van der Waals surface area contributed by atoms with Crippen molar-refractivity contribution in [2.24, 2.45) is 5.92 Å². The summed E-state index contributed by atoms with van der Waals surface area (Å²) in [5.41, 5.74) is 4.23. The maximum absolute atomic E-state index is 12.7. The van der Waals surface area contributed by atoms with Crippen LogP contribution in [-0.2, 0) is 4.74 Å². The first kappa shape index (κ1) is 21.9. The average Bonchev–Trinajstić information content (AvgIpc) is 3.33. The Bertz CT molecular complexity index is 1240. The third kappa shape index (κ3) is 4.48. The number of fused-ring (bicyclic) bond motifs is 3. The van der Waals surface area contributed by atoms with E-state index in [0.29, 0.717) is 17.0 Å². The molecule has 0 spiro atoms. The summed E-state index contributed by atoms with van der Waals surface area (Å²) in [5.74, 6) is -0.176. The highest BCUT2D eigenvalue weighted by molar-refractivity contribution is 9.10. The maximum atomic E-state index is 12.7. The molecule has 0 saturated carbocycles. The van der Waals surface area contributed by atoms with E-state index in [-0.39, 0.29) is 24.3 Å². The number of nitrogens with one attached hydrogen (secondary N) is 1. The molecule has 3 atom stereocenters. The van der Waals surface area contributed by atoms with Gasteiger partial charge in [0.05, 0.1) is 11.6 Å². The molecular formula is C27H21BrClNO3. The molecule has 0 saturated heterocycles. The fourth-order valence-electron chi connectivity index (χ4n) is 4.66. The Kier molecular flexibility index (Phi) is 6.09. The Morgan fingerprint density at radius 2 is 1.73 bits per heavy atom. The van der Waals surface area contributed by atoms with Crippen LogP contribution in [0.25, 0.3) is 0 Å². The van der Waals surface area contributed by atoms with Crippen molar-refractivity contribution in [2.75, 3.05) is 11.9 Å². The highest BCUT2D eigenvalue weighted by atomic mass is 79.9. The lowest BCUT2D eigenvalue weighted by atomic mass is 9.76. The molecule has 3 aromatic carbocycles. The van der Waals surface area contributed by atoms with Crippen LogP contribution in [0, 0.1) is 5.92 Å². The predicted octanol–water partition coefficient (Wildman–Crippen LogP) is 6.97. The topological polar surface area (TPSA) is 55.4 Å². The van der Waals surface area contributed by atoms with Gasteiger partial charge >= 0.3 is 5.97 Å². The van der Waals surface area contributed by atoms with Crippen LogP contribution in [0.1, 0.15) is 50.2 Å². The molecule has 3 aromatic rings. The van der Waals surface area contributed by atoms with Crippen molar-refractivity contribution < 1.29 is 14.3 Å². The number of Topliss-reactive ketones (excluding diaryl/α,β-unsaturated/α-hetero) is 1. The van der Waals surface area contributed by atoms with Gasteiger partial charge in [-0.25, -0.2) is 4.79 Å². The van der Waals surface area contributed by atoms with Gasteiger partial charge in [-0.05, 0) is 65.9 Å². The second kappa shape index (κ2) is 9.16. The molecule has 0 fully saturated rings. The van der Waals surface area contributed by atoms with Crippen LogP contribution in [0.3, 0.4) is 0 Å². The molecule has 166 valence electrons. The summed E-state index contributed by atoms with van der Waals surface area (Å²) < 4.78 is 6.21. The lowest BCUT2D eigenvalue weighted by Gasteiger charge is -2.37. The fourth-order valence-corrected chi connectivity index (χ4v) is 5.05. The molecular weight excluding hydrogens is 502 g/mol. The molecule has 0 bridgehead atoms. The number of esters is 1. The van der Waals surface area contributed by atoms with Crippen molar-refractivity contribution in [3.05, 3.63) is 111 Å². The molecule has 1 aliphatic heterocycles. The Morgan fingerprint density at radius 3 is 2.48 bits per heavy atom. The number of halogens is 2. The molecule has 1 N–H and O–H groups in total. The van der Waals surface area contributed by atoms with Crippen LogP contribution in [0.4, 0.5) is 5.69 Å². The summed E-state index contributed by atoms with van der Waals surface area (Å²) >= 11 is 9.42. The van der Waals surface area contributed by atoms with E-state index in [0.717, 1.165) is 27.2 Å². The Balaban J connectivity index is 1.33. The van der Waals surface area contributed by atoms with Crippen molar-refractivity contribution in [3.8, 4) is 0 Å². The molecule has 1 aliphatic carbocycles. The third-order valence-electron chi connectivity index (χ3n) is 6.33. The van der Waals surface area contributed by atoms with Gasteiger partial charge in [0.15, 0.2) is 12.4 Å². The SMILES string of the molecule is O=C(COC(=O)c1ccc2c(c1)[C@@H]1C=CC[C@@H]1[C@H](c1ccc(Cl)cc1)N2)c1ccc(Br)cc1. The van der Waals surface area contributed by atoms with Crippen molar-refractivity contribution in [1.82, 2.24) is 0 Å². The first-order chi connectivity index (χ1) is 16.0. The number of hydrogen-bond donors (Lipinski definition) is 1. The number of hydrogen-bond acceptors (Lipinski definition) is 4. The average molecular weight is 523 g/mol. The van der Waals surface area contributed by atoms with Gasteiger partial charge in [0.25, 0.3) is 0 Å².